The van der Waals surface area contributed by atoms with Crippen LogP contribution in [0.4, 0.5) is 9.59 Å². The molecule has 2 aromatic carbocycles. The Morgan fingerprint density at radius 3 is 2.04 bits per heavy atom. The maximum atomic E-state index is 12.9. The van der Waals surface area contributed by atoms with Gasteiger partial charge in [-0.2, -0.15) is 0 Å². The molecule has 2 saturated heterocycles. The minimum absolute atomic E-state index is 0.112. The molecule has 0 aliphatic carbocycles. The van der Waals surface area contributed by atoms with Crippen LogP contribution < -0.4 is 0 Å². The summed E-state index contributed by atoms with van der Waals surface area (Å²) in [6, 6.07) is 13.8. The number of likely N-dealkylation sites (tertiary alicyclic amines) is 2. The van der Waals surface area contributed by atoms with Crippen LogP contribution >= 0.6 is 0 Å². The van der Waals surface area contributed by atoms with Crippen molar-refractivity contribution in [2.45, 2.75) is 90.5 Å². The number of carbonyl (C=O) groups is 2. The zero-order chi connectivity index (χ0) is 33.5. The van der Waals surface area contributed by atoms with Gasteiger partial charge < -0.3 is 19.0 Å². The highest BCUT2D eigenvalue weighted by molar-refractivity contribution is 5.77. The molecule has 0 radical (unpaired) electrons. The van der Waals surface area contributed by atoms with E-state index >= 15 is 0 Å². The van der Waals surface area contributed by atoms with Gasteiger partial charge in [-0.1, -0.05) is 24.0 Å². The SMILES string of the molecule is Cn1c(-c2ccc(C#Cc3ccc4nc(C5CCCN5C(=O)OC(C)(C)C)[nH]c4c3)cc2)cnc1C1CCCN1C(=O)OC(C)(C)C. The average Bonchev–Trinajstić information content (AvgIpc) is 3.80. The molecule has 2 amide bonds. The lowest BCUT2D eigenvalue weighted by molar-refractivity contribution is 0.0207. The van der Waals surface area contributed by atoms with Gasteiger partial charge in [-0.25, -0.2) is 19.6 Å². The Hall–Kier alpha value is -4.78. The summed E-state index contributed by atoms with van der Waals surface area (Å²) in [6.07, 6.45) is 4.79. The van der Waals surface area contributed by atoms with Crippen molar-refractivity contribution >= 4 is 23.2 Å². The zero-order valence-electron chi connectivity index (χ0n) is 28.4. The largest absolute Gasteiger partial charge is 0.444 e. The van der Waals surface area contributed by atoms with E-state index < -0.39 is 11.2 Å². The lowest BCUT2D eigenvalue weighted by Gasteiger charge is -2.28. The number of nitrogens with zero attached hydrogens (tertiary/aromatic N) is 5. The fourth-order valence-corrected chi connectivity index (χ4v) is 6.30. The topological polar surface area (TPSA) is 106 Å². The summed E-state index contributed by atoms with van der Waals surface area (Å²) >= 11 is 0. The summed E-state index contributed by atoms with van der Waals surface area (Å²) in [5.41, 5.74) is 4.41. The monoisotopic (exact) mass is 636 g/mol. The zero-order valence-corrected chi connectivity index (χ0v) is 28.4. The first-order chi connectivity index (χ1) is 22.3. The quantitative estimate of drug-likeness (QED) is 0.234. The number of H-pyrrole nitrogens is 1. The molecule has 10 heteroatoms. The van der Waals surface area contributed by atoms with Gasteiger partial charge in [0.2, 0.25) is 0 Å². The molecule has 2 unspecified atom stereocenters. The standard InChI is InChI=1S/C37H44N6O4/c1-36(2,3)46-34(44)42-20-8-10-29(42)32-39-27-19-16-25(22-28(27)40-32)13-12-24-14-17-26(18-15-24)31-23-38-33(41(31)7)30-11-9-21-43(30)35(45)47-37(4,5)6/h14-19,22-23,29-30H,8-11,20-21H2,1-7H3,(H,39,40). The molecule has 0 saturated carbocycles. The van der Waals surface area contributed by atoms with E-state index in [1.807, 2.05) is 97.3 Å². The maximum absolute atomic E-state index is 12.9. The van der Waals surface area contributed by atoms with Gasteiger partial charge in [0.15, 0.2) is 0 Å². The summed E-state index contributed by atoms with van der Waals surface area (Å²) in [6.45, 7) is 12.6. The van der Waals surface area contributed by atoms with Crippen molar-refractivity contribution in [3.8, 4) is 23.1 Å². The third-order valence-corrected chi connectivity index (χ3v) is 8.43. The van der Waals surface area contributed by atoms with Gasteiger partial charge in [-0.05, 0) is 103 Å². The minimum Gasteiger partial charge on any atom is -0.444 e. The molecule has 4 heterocycles. The molecule has 0 spiro atoms. The summed E-state index contributed by atoms with van der Waals surface area (Å²) in [7, 11) is 2.00. The Labute approximate surface area is 276 Å². The van der Waals surface area contributed by atoms with E-state index in [1.165, 1.54) is 0 Å². The second-order valence-corrected chi connectivity index (χ2v) is 14.4. The second-order valence-electron chi connectivity index (χ2n) is 14.4. The van der Waals surface area contributed by atoms with Crippen molar-refractivity contribution in [1.82, 2.24) is 29.3 Å². The van der Waals surface area contributed by atoms with E-state index in [0.717, 1.165) is 70.7 Å². The van der Waals surface area contributed by atoms with Crippen molar-refractivity contribution < 1.29 is 19.1 Å². The van der Waals surface area contributed by atoms with Crippen LogP contribution in [0.3, 0.4) is 0 Å². The maximum Gasteiger partial charge on any atom is 0.410 e. The van der Waals surface area contributed by atoms with Crippen LogP contribution in [0.2, 0.25) is 0 Å². The third kappa shape index (κ3) is 7.14. The fourth-order valence-electron chi connectivity index (χ4n) is 6.30. The Bertz CT molecular complexity index is 1850. The summed E-state index contributed by atoms with van der Waals surface area (Å²) in [4.78, 5) is 42.2. The van der Waals surface area contributed by atoms with Crippen molar-refractivity contribution in [2.75, 3.05) is 13.1 Å². The van der Waals surface area contributed by atoms with Crippen LogP contribution in [-0.2, 0) is 16.5 Å². The number of hydrogen-bond donors (Lipinski definition) is 1. The number of nitrogens with one attached hydrogen (secondary N) is 1. The molecule has 47 heavy (non-hydrogen) atoms. The van der Waals surface area contributed by atoms with E-state index in [0.29, 0.717) is 13.1 Å². The molecule has 4 aromatic rings. The van der Waals surface area contributed by atoms with Gasteiger partial charge in [0.25, 0.3) is 0 Å². The lowest BCUT2D eigenvalue weighted by Crippen LogP contribution is -2.37. The molecule has 2 aromatic heterocycles. The van der Waals surface area contributed by atoms with Crippen molar-refractivity contribution in [3.63, 3.8) is 0 Å². The Morgan fingerprint density at radius 1 is 0.830 bits per heavy atom. The highest BCUT2D eigenvalue weighted by atomic mass is 16.6. The lowest BCUT2D eigenvalue weighted by atomic mass is 10.1. The van der Waals surface area contributed by atoms with E-state index in [9.17, 15) is 9.59 Å². The van der Waals surface area contributed by atoms with Gasteiger partial charge in [-0.3, -0.25) is 9.80 Å². The molecule has 2 atom stereocenters. The number of hydrogen-bond acceptors (Lipinski definition) is 6. The number of aromatic amines is 1. The normalized spacial score (nSPS) is 18.4. The van der Waals surface area contributed by atoms with Crippen molar-refractivity contribution in [1.29, 1.82) is 0 Å². The van der Waals surface area contributed by atoms with Crippen LogP contribution in [0.15, 0.2) is 48.7 Å². The van der Waals surface area contributed by atoms with E-state index in [4.69, 9.17) is 19.4 Å². The predicted molar refractivity (Wildman–Crippen MR) is 181 cm³/mol. The molecular weight excluding hydrogens is 592 g/mol. The summed E-state index contributed by atoms with van der Waals surface area (Å²) < 4.78 is 13.4. The third-order valence-electron chi connectivity index (χ3n) is 8.43. The van der Waals surface area contributed by atoms with Crippen LogP contribution in [0.25, 0.3) is 22.3 Å². The highest BCUT2D eigenvalue weighted by Gasteiger charge is 2.36. The second kappa shape index (κ2) is 12.4. The van der Waals surface area contributed by atoms with Crippen molar-refractivity contribution in [3.05, 3.63) is 71.4 Å². The van der Waals surface area contributed by atoms with Gasteiger partial charge in [0.05, 0.1) is 35.0 Å². The minimum atomic E-state index is -0.545. The molecule has 10 nitrogen and oxygen atoms in total. The first-order valence-electron chi connectivity index (χ1n) is 16.4. The first kappa shape index (κ1) is 32.2. The average molecular weight is 637 g/mol. The van der Waals surface area contributed by atoms with Crippen LogP contribution in [0.5, 0.6) is 0 Å². The predicted octanol–water partition coefficient (Wildman–Crippen LogP) is 7.51. The van der Waals surface area contributed by atoms with E-state index in [1.54, 1.807) is 9.80 Å². The number of rotatable bonds is 3. The number of aromatic nitrogens is 4. The molecular formula is C37H44N6O4. The highest BCUT2D eigenvalue weighted by Crippen LogP contribution is 2.35. The number of imidazole rings is 2. The Balaban J connectivity index is 1.15. The van der Waals surface area contributed by atoms with Gasteiger partial charge in [0.1, 0.15) is 22.9 Å². The van der Waals surface area contributed by atoms with Gasteiger partial charge >= 0.3 is 12.2 Å². The smallest absolute Gasteiger partial charge is 0.410 e. The molecule has 2 aliphatic rings. The fraction of sp³-hybridized carbons (Fsp3) is 0.459. The Kier molecular flexibility index (Phi) is 8.51. The first-order valence-corrected chi connectivity index (χ1v) is 16.4. The van der Waals surface area contributed by atoms with Crippen LogP contribution in [-0.4, -0.2) is 65.8 Å². The molecule has 6 rings (SSSR count). The van der Waals surface area contributed by atoms with Crippen LogP contribution in [0.1, 0.15) is 102 Å². The Morgan fingerprint density at radius 2 is 1.40 bits per heavy atom. The molecule has 0 bridgehead atoms. The van der Waals surface area contributed by atoms with Gasteiger partial charge in [-0.15, -0.1) is 0 Å². The molecule has 246 valence electrons. The summed E-state index contributed by atoms with van der Waals surface area (Å²) in [5, 5.41) is 0. The van der Waals surface area contributed by atoms with Gasteiger partial charge in [0, 0.05) is 31.3 Å². The molecule has 2 fully saturated rings. The van der Waals surface area contributed by atoms with E-state index in [-0.39, 0.29) is 24.3 Å². The molecule has 1 N–H and O–H groups in total. The summed E-state index contributed by atoms with van der Waals surface area (Å²) in [5.74, 6) is 8.18. The number of amides is 2. The van der Waals surface area contributed by atoms with E-state index in [2.05, 4.69) is 21.4 Å². The van der Waals surface area contributed by atoms with Crippen molar-refractivity contribution in [2.24, 2.45) is 7.05 Å². The number of carbonyl (C=O) groups excluding carboxylic acids is 2. The molecule has 2 aliphatic heterocycles. The van der Waals surface area contributed by atoms with Crippen LogP contribution in [0, 0.1) is 11.8 Å². The number of ether oxygens (including phenoxy) is 2. The number of fused-ring (bicyclic) bond motifs is 1. The number of benzene rings is 2.